The second-order valence-corrected chi connectivity index (χ2v) is 3.79. The molecule has 64 valence electrons. The molecule has 1 rings (SSSR count). The summed E-state index contributed by atoms with van der Waals surface area (Å²) in [5, 5.41) is 2.75. The molecule has 0 radical (unpaired) electrons. The molecule has 0 spiro atoms. The zero-order chi connectivity index (χ0) is 8.97. The molecular weight excluding hydrogens is 265 g/mol. The van der Waals surface area contributed by atoms with Gasteiger partial charge < -0.3 is 5.32 Å². The maximum absolute atomic E-state index is 10.6. The molecule has 3 heteroatoms. The maximum Gasteiger partial charge on any atom is 0.217 e. The van der Waals surface area contributed by atoms with E-state index < -0.39 is 0 Å². The molecule has 0 bridgehead atoms. The first-order valence-corrected chi connectivity index (χ1v) is 4.75. The van der Waals surface area contributed by atoms with Gasteiger partial charge in [0.25, 0.3) is 0 Å². The molecule has 0 aliphatic carbocycles. The van der Waals surface area contributed by atoms with Crippen molar-refractivity contribution in [1.29, 1.82) is 0 Å². The first-order chi connectivity index (χ1) is 5.68. The van der Waals surface area contributed by atoms with E-state index in [1.165, 1.54) is 10.5 Å². The molecule has 2 nitrogen and oxygen atoms in total. The summed E-state index contributed by atoms with van der Waals surface area (Å²) >= 11 is 2.25. The van der Waals surface area contributed by atoms with Gasteiger partial charge in [-0.2, -0.15) is 0 Å². The third kappa shape index (κ3) is 3.21. The number of rotatable bonds is 2. The van der Waals surface area contributed by atoms with Crippen LogP contribution in [0.3, 0.4) is 0 Å². The predicted octanol–water partition coefficient (Wildman–Crippen LogP) is 1.93. The fraction of sp³-hybridized carbons (Fsp3) is 0.222. The molecule has 0 saturated heterocycles. The molecule has 0 fully saturated rings. The van der Waals surface area contributed by atoms with Crippen molar-refractivity contribution in [1.82, 2.24) is 5.32 Å². The van der Waals surface area contributed by atoms with Crippen molar-refractivity contribution in [2.24, 2.45) is 0 Å². The van der Waals surface area contributed by atoms with Crippen LogP contribution in [0, 0.1) is 3.57 Å². The second-order valence-electron chi connectivity index (χ2n) is 2.54. The number of hydrogen-bond acceptors (Lipinski definition) is 1. The first kappa shape index (κ1) is 9.51. The van der Waals surface area contributed by atoms with Gasteiger partial charge in [-0.1, -0.05) is 12.1 Å². The number of nitrogens with one attached hydrogen (secondary N) is 1. The molecule has 0 unspecified atom stereocenters. The van der Waals surface area contributed by atoms with Crippen LogP contribution >= 0.6 is 22.6 Å². The van der Waals surface area contributed by atoms with E-state index in [9.17, 15) is 4.79 Å². The zero-order valence-corrected chi connectivity index (χ0v) is 8.96. The minimum Gasteiger partial charge on any atom is -0.352 e. The fourth-order valence-corrected chi connectivity index (χ4v) is 1.48. The van der Waals surface area contributed by atoms with Crippen LogP contribution < -0.4 is 5.32 Å². The first-order valence-electron chi connectivity index (χ1n) is 3.67. The van der Waals surface area contributed by atoms with Gasteiger partial charge in [-0.05, 0) is 40.3 Å². The monoisotopic (exact) mass is 275 g/mol. The van der Waals surface area contributed by atoms with Gasteiger partial charge in [0.1, 0.15) is 0 Å². The lowest BCUT2D eigenvalue weighted by Crippen LogP contribution is -2.18. The Morgan fingerprint density at radius 2 is 2.33 bits per heavy atom. The number of amides is 1. The van der Waals surface area contributed by atoms with E-state index in [4.69, 9.17) is 0 Å². The molecule has 0 heterocycles. The maximum atomic E-state index is 10.6. The molecule has 0 atom stereocenters. The average Bonchev–Trinajstić information content (AvgIpc) is 2.01. The predicted molar refractivity (Wildman–Crippen MR) is 56.7 cm³/mol. The summed E-state index contributed by atoms with van der Waals surface area (Å²) in [4.78, 5) is 10.6. The minimum absolute atomic E-state index is 0.00820. The summed E-state index contributed by atoms with van der Waals surface area (Å²) in [6.07, 6.45) is 0. The summed E-state index contributed by atoms with van der Waals surface area (Å²) in [6.45, 7) is 2.14. The topological polar surface area (TPSA) is 29.1 Å². The van der Waals surface area contributed by atoms with Crippen LogP contribution in [0.25, 0.3) is 0 Å². The van der Waals surface area contributed by atoms with Crippen LogP contribution in [0.5, 0.6) is 0 Å². The number of halogens is 1. The molecule has 1 amide bonds. The highest BCUT2D eigenvalue weighted by atomic mass is 127. The highest BCUT2D eigenvalue weighted by Gasteiger charge is 1.94. The van der Waals surface area contributed by atoms with Crippen LogP contribution in [-0.4, -0.2) is 5.91 Å². The van der Waals surface area contributed by atoms with E-state index in [2.05, 4.69) is 34.0 Å². The van der Waals surface area contributed by atoms with Crippen molar-refractivity contribution in [2.75, 3.05) is 0 Å². The lowest BCUT2D eigenvalue weighted by atomic mass is 10.2. The van der Waals surface area contributed by atoms with Gasteiger partial charge in [0.15, 0.2) is 0 Å². The van der Waals surface area contributed by atoms with E-state index in [0.717, 1.165) is 5.56 Å². The molecule has 0 aliphatic heterocycles. The molecule has 1 aromatic carbocycles. The summed E-state index contributed by atoms with van der Waals surface area (Å²) < 4.78 is 1.19. The molecule has 12 heavy (non-hydrogen) atoms. The van der Waals surface area contributed by atoms with E-state index in [1.807, 2.05) is 18.2 Å². The van der Waals surface area contributed by atoms with Gasteiger partial charge in [0, 0.05) is 17.0 Å². The number of benzene rings is 1. The Balaban J connectivity index is 2.57. The molecular formula is C9H10INO. The van der Waals surface area contributed by atoms with Crippen LogP contribution in [0.2, 0.25) is 0 Å². The van der Waals surface area contributed by atoms with Crippen molar-refractivity contribution in [2.45, 2.75) is 13.5 Å². The quantitative estimate of drug-likeness (QED) is 0.821. The number of hydrogen-bond donors (Lipinski definition) is 1. The largest absolute Gasteiger partial charge is 0.352 e. The van der Waals surface area contributed by atoms with E-state index in [1.54, 1.807) is 0 Å². The van der Waals surface area contributed by atoms with Gasteiger partial charge in [0.05, 0.1) is 0 Å². The van der Waals surface area contributed by atoms with Crippen LogP contribution in [0.4, 0.5) is 0 Å². The Labute approximate surface area is 85.5 Å². The smallest absolute Gasteiger partial charge is 0.217 e. The molecule has 0 aliphatic rings. The highest BCUT2D eigenvalue weighted by Crippen LogP contribution is 2.06. The third-order valence-electron chi connectivity index (χ3n) is 1.43. The Morgan fingerprint density at radius 1 is 1.58 bits per heavy atom. The lowest BCUT2D eigenvalue weighted by Gasteiger charge is -2.01. The summed E-state index contributed by atoms with van der Waals surface area (Å²) in [6, 6.07) is 8.06. The standard InChI is InChI=1S/C9H10INO/c1-7(12)11-6-8-3-2-4-9(10)5-8/h2-5H,6H2,1H3,(H,11,12). The Kier molecular flexibility index (Phi) is 3.52. The Morgan fingerprint density at radius 3 is 2.92 bits per heavy atom. The van der Waals surface area contributed by atoms with Crippen molar-refractivity contribution < 1.29 is 4.79 Å². The van der Waals surface area contributed by atoms with Crippen molar-refractivity contribution in [3.8, 4) is 0 Å². The van der Waals surface area contributed by atoms with Crippen molar-refractivity contribution >= 4 is 28.5 Å². The van der Waals surface area contributed by atoms with Crippen LogP contribution in [-0.2, 0) is 11.3 Å². The number of carbonyl (C=O) groups is 1. The molecule has 1 aromatic rings. The van der Waals surface area contributed by atoms with Crippen molar-refractivity contribution in [3.05, 3.63) is 33.4 Å². The van der Waals surface area contributed by atoms with Gasteiger partial charge >= 0.3 is 0 Å². The van der Waals surface area contributed by atoms with Crippen molar-refractivity contribution in [3.63, 3.8) is 0 Å². The summed E-state index contributed by atoms with van der Waals surface area (Å²) in [5.74, 6) is 0.00820. The second kappa shape index (κ2) is 4.45. The van der Waals surface area contributed by atoms with Gasteiger partial charge in [-0.25, -0.2) is 0 Å². The van der Waals surface area contributed by atoms with Crippen LogP contribution in [0.1, 0.15) is 12.5 Å². The third-order valence-corrected chi connectivity index (χ3v) is 2.10. The van der Waals surface area contributed by atoms with Gasteiger partial charge in [-0.3, -0.25) is 4.79 Å². The highest BCUT2D eigenvalue weighted by molar-refractivity contribution is 14.1. The molecule has 0 aromatic heterocycles. The summed E-state index contributed by atoms with van der Waals surface area (Å²) in [5.41, 5.74) is 1.14. The molecule has 1 N–H and O–H groups in total. The SMILES string of the molecule is CC(=O)NCc1cccc(I)c1. The number of carbonyl (C=O) groups excluding carboxylic acids is 1. The molecule has 0 saturated carbocycles. The summed E-state index contributed by atoms with van der Waals surface area (Å²) in [7, 11) is 0. The Bertz CT molecular complexity index is 286. The van der Waals surface area contributed by atoms with Gasteiger partial charge in [-0.15, -0.1) is 0 Å². The lowest BCUT2D eigenvalue weighted by molar-refractivity contribution is -0.119. The minimum atomic E-state index is 0.00820. The fourth-order valence-electron chi connectivity index (χ4n) is 0.873. The van der Waals surface area contributed by atoms with E-state index in [-0.39, 0.29) is 5.91 Å². The zero-order valence-electron chi connectivity index (χ0n) is 6.80. The van der Waals surface area contributed by atoms with E-state index >= 15 is 0 Å². The van der Waals surface area contributed by atoms with E-state index in [0.29, 0.717) is 6.54 Å². The average molecular weight is 275 g/mol. The van der Waals surface area contributed by atoms with Crippen LogP contribution in [0.15, 0.2) is 24.3 Å². The van der Waals surface area contributed by atoms with Gasteiger partial charge in [0.2, 0.25) is 5.91 Å². The Hall–Kier alpha value is -0.580. The normalized spacial score (nSPS) is 9.50.